The second kappa shape index (κ2) is 6.87. The van der Waals surface area contributed by atoms with Crippen LogP contribution in [0.15, 0.2) is 18.2 Å². The lowest BCUT2D eigenvalue weighted by atomic mass is 9.88. The first-order valence-electron chi connectivity index (χ1n) is 6.88. The Morgan fingerprint density at radius 2 is 2.05 bits per heavy atom. The number of nitrogens with one attached hydrogen (secondary N) is 1. The van der Waals surface area contributed by atoms with Crippen molar-refractivity contribution >= 4 is 23.4 Å². The molecule has 2 nitrogen and oxygen atoms in total. The first kappa shape index (κ1) is 15.0. The van der Waals surface area contributed by atoms with E-state index in [1.807, 2.05) is 23.9 Å². The Bertz CT molecular complexity index is 419. The van der Waals surface area contributed by atoms with Crippen LogP contribution in [0.25, 0.3) is 0 Å². The van der Waals surface area contributed by atoms with E-state index in [1.165, 1.54) is 32.1 Å². The molecule has 0 bridgehead atoms. The van der Waals surface area contributed by atoms with Gasteiger partial charge in [0.2, 0.25) is 0 Å². The molecular weight excluding hydrogens is 278 g/mol. The lowest BCUT2D eigenvalue weighted by Crippen LogP contribution is -2.39. The molecule has 106 valence electrons. The Balaban J connectivity index is 1.86. The monoisotopic (exact) mass is 299 g/mol. The average molecular weight is 300 g/mol. The third-order valence-electron chi connectivity index (χ3n) is 3.99. The van der Waals surface area contributed by atoms with Crippen LogP contribution in [-0.2, 0) is 6.54 Å². The summed E-state index contributed by atoms with van der Waals surface area (Å²) in [6.45, 7) is 1.86. The maximum atomic E-state index is 9.40. The van der Waals surface area contributed by atoms with Crippen molar-refractivity contribution in [2.75, 3.05) is 12.8 Å². The largest absolute Gasteiger partial charge is 0.506 e. The van der Waals surface area contributed by atoms with E-state index in [1.54, 1.807) is 6.07 Å². The number of halogens is 1. The van der Waals surface area contributed by atoms with Crippen molar-refractivity contribution in [3.8, 4) is 5.75 Å². The fourth-order valence-electron chi connectivity index (χ4n) is 2.74. The average Bonchev–Trinajstić information content (AvgIpc) is 2.44. The number of hydrogen-bond acceptors (Lipinski definition) is 3. The number of aromatic hydroxyl groups is 1. The summed E-state index contributed by atoms with van der Waals surface area (Å²) in [5.74, 6) is 0.151. The molecule has 1 saturated carbocycles. The summed E-state index contributed by atoms with van der Waals surface area (Å²) in [5.41, 5.74) is 1.12. The van der Waals surface area contributed by atoms with E-state index in [0.29, 0.717) is 9.77 Å². The summed E-state index contributed by atoms with van der Waals surface area (Å²) >= 11 is 7.92. The summed E-state index contributed by atoms with van der Waals surface area (Å²) in [4.78, 5) is 0. The molecule has 2 N–H and O–H groups in total. The molecule has 1 fully saturated rings. The molecule has 1 aromatic rings. The summed E-state index contributed by atoms with van der Waals surface area (Å²) in [6, 6.07) is 5.40. The van der Waals surface area contributed by atoms with Gasteiger partial charge < -0.3 is 10.4 Å². The Labute approximate surface area is 124 Å². The minimum atomic E-state index is 0.151. The van der Waals surface area contributed by atoms with Gasteiger partial charge in [0.1, 0.15) is 5.75 Å². The number of phenolic OH excluding ortho intramolecular Hbond substituents is 1. The topological polar surface area (TPSA) is 32.3 Å². The first-order chi connectivity index (χ1) is 9.15. The quantitative estimate of drug-likeness (QED) is 0.854. The maximum absolute atomic E-state index is 9.40. The molecule has 1 aliphatic carbocycles. The maximum Gasteiger partial charge on any atom is 0.134 e. The minimum absolute atomic E-state index is 0.151. The molecule has 0 amide bonds. The van der Waals surface area contributed by atoms with Gasteiger partial charge in [-0.05, 0) is 36.8 Å². The third-order valence-corrected chi connectivity index (χ3v) is 5.71. The van der Waals surface area contributed by atoms with E-state index in [4.69, 9.17) is 11.6 Å². The molecule has 2 rings (SSSR count). The molecule has 4 heteroatoms. The molecule has 0 heterocycles. The Kier molecular flexibility index (Phi) is 5.43. The van der Waals surface area contributed by atoms with Gasteiger partial charge in [-0.1, -0.05) is 36.9 Å². The van der Waals surface area contributed by atoms with Crippen molar-refractivity contribution in [2.45, 2.75) is 43.4 Å². The highest BCUT2D eigenvalue weighted by atomic mass is 35.5. The number of hydrogen-bond donors (Lipinski definition) is 2. The standard InChI is InChI=1S/C15H22ClNOS/c1-19-15(7-3-2-4-8-15)11-17-10-12-5-6-14(18)13(16)9-12/h5-6,9,17-18H,2-4,7-8,10-11H2,1H3. The predicted molar refractivity (Wildman–Crippen MR) is 84.2 cm³/mol. The zero-order valence-electron chi connectivity index (χ0n) is 11.4. The second-order valence-corrected chi connectivity index (χ2v) is 7.02. The molecule has 0 spiro atoms. The van der Waals surface area contributed by atoms with Crippen molar-refractivity contribution in [1.82, 2.24) is 5.32 Å². The van der Waals surface area contributed by atoms with Crippen LogP contribution in [0, 0.1) is 0 Å². The van der Waals surface area contributed by atoms with Gasteiger partial charge in [0.25, 0.3) is 0 Å². The Hall–Kier alpha value is -0.380. The predicted octanol–water partition coefficient (Wildman–Crippen LogP) is 4.20. The summed E-state index contributed by atoms with van der Waals surface area (Å²) in [6.07, 6.45) is 8.95. The minimum Gasteiger partial charge on any atom is -0.506 e. The fraction of sp³-hybridized carbons (Fsp3) is 0.600. The SMILES string of the molecule is CSC1(CNCc2ccc(O)c(Cl)c2)CCCCC1. The van der Waals surface area contributed by atoms with Crippen LogP contribution in [0.5, 0.6) is 5.75 Å². The molecule has 0 aliphatic heterocycles. The summed E-state index contributed by atoms with van der Waals surface area (Å²) < 4.78 is 0.416. The van der Waals surface area contributed by atoms with Gasteiger partial charge in [-0.25, -0.2) is 0 Å². The molecule has 0 unspecified atom stereocenters. The highest BCUT2D eigenvalue weighted by Crippen LogP contribution is 2.38. The van der Waals surface area contributed by atoms with Crippen LogP contribution < -0.4 is 5.32 Å². The van der Waals surface area contributed by atoms with Crippen molar-refractivity contribution in [1.29, 1.82) is 0 Å². The Morgan fingerprint density at radius 1 is 1.32 bits per heavy atom. The zero-order valence-corrected chi connectivity index (χ0v) is 13.0. The summed E-state index contributed by atoms with van der Waals surface area (Å²) in [5, 5.41) is 13.4. The fourth-order valence-corrected chi connectivity index (χ4v) is 3.89. The summed E-state index contributed by atoms with van der Waals surface area (Å²) in [7, 11) is 0. The normalized spacial score (nSPS) is 18.4. The van der Waals surface area contributed by atoms with Crippen LogP contribution in [0.2, 0.25) is 5.02 Å². The highest BCUT2D eigenvalue weighted by Gasteiger charge is 2.30. The van der Waals surface area contributed by atoms with Crippen LogP contribution >= 0.6 is 23.4 Å². The van der Waals surface area contributed by atoms with Gasteiger partial charge in [-0.3, -0.25) is 0 Å². The first-order valence-corrected chi connectivity index (χ1v) is 8.49. The number of phenols is 1. The van der Waals surface area contributed by atoms with Crippen molar-refractivity contribution in [2.24, 2.45) is 0 Å². The molecule has 0 radical (unpaired) electrons. The van der Waals surface area contributed by atoms with Crippen molar-refractivity contribution < 1.29 is 5.11 Å². The molecular formula is C15H22ClNOS. The second-order valence-electron chi connectivity index (χ2n) is 5.34. The van der Waals surface area contributed by atoms with Gasteiger partial charge >= 0.3 is 0 Å². The van der Waals surface area contributed by atoms with Crippen LogP contribution in [-0.4, -0.2) is 22.7 Å². The smallest absolute Gasteiger partial charge is 0.134 e. The third kappa shape index (κ3) is 4.04. The van der Waals surface area contributed by atoms with Gasteiger partial charge in [0, 0.05) is 17.8 Å². The van der Waals surface area contributed by atoms with Gasteiger partial charge in [0.15, 0.2) is 0 Å². The lowest BCUT2D eigenvalue weighted by Gasteiger charge is -2.36. The van der Waals surface area contributed by atoms with E-state index in [9.17, 15) is 5.11 Å². The van der Waals surface area contributed by atoms with Crippen LogP contribution in [0.3, 0.4) is 0 Å². The van der Waals surface area contributed by atoms with Gasteiger partial charge in [-0.15, -0.1) is 0 Å². The molecule has 0 aromatic heterocycles. The molecule has 0 saturated heterocycles. The number of thioether (sulfide) groups is 1. The van der Waals surface area contributed by atoms with E-state index in [2.05, 4.69) is 11.6 Å². The molecule has 1 aromatic carbocycles. The van der Waals surface area contributed by atoms with E-state index in [0.717, 1.165) is 18.7 Å². The van der Waals surface area contributed by atoms with Crippen molar-refractivity contribution in [3.05, 3.63) is 28.8 Å². The number of benzene rings is 1. The van der Waals surface area contributed by atoms with Crippen LogP contribution in [0.4, 0.5) is 0 Å². The lowest BCUT2D eigenvalue weighted by molar-refractivity contribution is 0.379. The van der Waals surface area contributed by atoms with E-state index in [-0.39, 0.29) is 5.75 Å². The van der Waals surface area contributed by atoms with Gasteiger partial charge in [0.05, 0.1) is 5.02 Å². The molecule has 1 aliphatic rings. The zero-order chi connectivity index (χ0) is 13.7. The van der Waals surface area contributed by atoms with Crippen molar-refractivity contribution in [3.63, 3.8) is 0 Å². The van der Waals surface area contributed by atoms with Gasteiger partial charge in [-0.2, -0.15) is 11.8 Å². The van der Waals surface area contributed by atoms with E-state index < -0.39 is 0 Å². The van der Waals surface area contributed by atoms with E-state index >= 15 is 0 Å². The molecule has 0 atom stereocenters. The molecule has 19 heavy (non-hydrogen) atoms. The highest BCUT2D eigenvalue weighted by molar-refractivity contribution is 8.00. The Morgan fingerprint density at radius 3 is 2.68 bits per heavy atom. The number of rotatable bonds is 5. The van der Waals surface area contributed by atoms with Crippen LogP contribution in [0.1, 0.15) is 37.7 Å².